The predicted octanol–water partition coefficient (Wildman–Crippen LogP) is 1.96. The Morgan fingerprint density at radius 1 is 1.07 bits per heavy atom. The first-order valence-electron chi connectivity index (χ1n) is 8.68. The molecule has 28 heavy (non-hydrogen) atoms. The van der Waals surface area contributed by atoms with E-state index >= 15 is 0 Å². The lowest BCUT2D eigenvalue weighted by Gasteiger charge is -2.23. The number of hydrogen-bond donors (Lipinski definition) is 2. The van der Waals surface area contributed by atoms with Crippen LogP contribution in [0.5, 0.6) is 11.5 Å². The van der Waals surface area contributed by atoms with Crippen molar-refractivity contribution in [2.45, 2.75) is 25.5 Å². The number of carbonyl (C=O) groups is 3. The normalized spacial score (nSPS) is 19.8. The highest BCUT2D eigenvalue weighted by Crippen LogP contribution is 2.29. The Hall–Kier alpha value is -3.55. The first-order valence-corrected chi connectivity index (χ1v) is 8.68. The highest BCUT2D eigenvalue weighted by molar-refractivity contribution is 6.08. The van der Waals surface area contributed by atoms with Gasteiger partial charge in [0.05, 0.1) is 7.11 Å². The molecule has 1 aliphatic heterocycles. The zero-order valence-corrected chi connectivity index (χ0v) is 15.8. The van der Waals surface area contributed by atoms with Gasteiger partial charge in [-0.2, -0.15) is 5.01 Å². The minimum atomic E-state index is -1.31. The predicted molar refractivity (Wildman–Crippen MR) is 100 cm³/mol. The van der Waals surface area contributed by atoms with Crippen molar-refractivity contribution in [3.05, 3.63) is 60.2 Å². The van der Waals surface area contributed by atoms with Gasteiger partial charge >= 0.3 is 6.03 Å². The molecule has 3 rings (SSSR count). The average Bonchev–Trinajstić information content (AvgIpc) is 2.92. The maximum absolute atomic E-state index is 12.9. The van der Waals surface area contributed by atoms with Crippen LogP contribution < -0.4 is 20.2 Å². The summed E-state index contributed by atoms with van der Waals surface area (Å²) in [6, 6.07) is 14.8. The molecule has 8 nitrogen and oxygen atoms in total. The van der Waals surface area contributed by atoms with E-state index in [-0.39, 0.29) is 0 Å². The molecule has 2 aromatic rings. The number of benzene rings is 2. The summed E-state index contributed by atoms with van der Waals surface area (Å²) in [6.45, 7) is 3.11. The molecular weight excluding hydrogens is 362 g/mol. The SMILES string of the molecule is COc1ccc([C@@]2(C)NC(=O)N(NC(=O)[C@H](C)Oc3ccccc3)C2=O)cc1. The van der Waals surface area contributed by atoms with Gasteiger partial charge < -0.3 is 14.8 Å². The van der Waals surface area contributed by atoms with E-state index in [9.17, 15) is 14.4 Å². The molecule has 1 fully saturated rings. The molecule has 146 valence electrons. The topological polar surface area (TPSA) is 97.0 Å². The Labute approximate surface area is 162 Å². The number of nitrogens with one attached hydrogen (secondary N) is 2. The summed E-state index contributed by atoms with van der Waals surface area (Å²) < 4.78 is 10.6. The maximum Gasteiger partial charge on any atom is 0.344 e. The van der Waals surface area contributed by atoms with E-state index in [1.54, 1.807) is 55.5 Å². The number of rotatable bonds is 6. The molecule has 1 heterocycles. The summed E-state index contributed by atoms with van der Waals surface area (Å²) in [4.78, 5) is 37.6. The zero-order valence-electron chi connectivity index (χ0n) is 15.8. The Morgan fingerprint density at radius 2 is 1.71 bits per heavy atom. The molecule has 2 aromatic carbocycles. The molecule has 0 unspecified atom stereocenters. The maximum atomic E-state index is 12.9. The number of amides is 4. The first kappa shape index (κ1) is 19.2. The van der Waals surface area contributed by atoms with Crippen LogP contribution in [0.25, 0.3) is 0 Å². The number of para-hydroxylation sites is 1. The lowest BCUT2D eigenvalue weighted by atomic mass is 9.92. The second-order valence-corrected chi connectivity index (χ2v) is 6.47. The van der Waals surface area contributed by atoms with E-state index in [1.807, 2.05) is 6.07 Å². The van der Waals surface area contributed by atoms with Gasteiger partial charge in [0.1, 0.15) is 17.0 Å². The van der Waals surface area contributed by atoms with Crippen LogP contribution in [-0.4, -0.2) is 36.1 Å². The van der Waals surface area contributed by atoms with Crippen LogP contribution in [0.1, 0.15) is 19.4 Å². The van der Waals surface area contributed by atoms with Crippen LogP contribution in [0.3, 0.4) is 0 Å². The van der Waals surface area contributed by atoms with Gasteiger partial charge in [0.15, 0.2) is 6.10 Å². The van der Waals surface area contributed by atoms with Gasteiger partial charge in [0.25, 0.3) is 11.8 Å². The summed E-state index contributed by atoms with van der Waals surface area (Å²) in [7, 11) is 1.54. The number of ether oxygens (including phenoxy) is 2. The highest BCUT2D eigenvalue weighted by Gasteiger charge is 2.50. The monoisotopic (exact) mass is 383 g/mol. The van der Waals surface area contributed by atoms with Crippen LogP contribution in [-0.2, 0) is 15.1 Å². The zero-order chi connectivity index (χ0) is 20.3. The molecule has 8 heteroatoms. The van der Waals surface area contributed by atoms with Gasteiger partial charge in [-0.15, -0.1) is 0 Å². The van der Waals surface area contributed by atoms with Crippen LogP contribution in [0.15, 0.2) is 54.6 Å². The largest absolute Gasteiger partial charge is 0.497 e. The van der Waals surface area contributed by atoms with Gasteiger partial charge in [-0.05, 0) is 43.7 Å². The number of nitrogens with zero attached hydrogens (tertiary/aromatic N) is 1. The van der Waals surface area contributed by atoms with E-state index in [0.29, 0.717) is 22.1 Å². The van der Waals surface area contributed by atoms with Crippen LogP contribution in [0, 0.1) is 0 Å². The lowest BCUT2D eigenvalue weighted by Crippen LogP contribution is -2.51. The second-order valence-electron chi connectivity index (χ2n) is 6.47. The molecule has 0 aliphatic carbocycles. The van der Waals surface area contributed by atoms with E-state index in [4.69, 9.17) is 9.47 Å². The number of hydrazine groups is 1. The summed E-state index contributed by atoms with van der Waals surface area (Å²) in [5, 5.41) is 3.30. The fourth-order valence-corrected chi connectivity index (χ4v) is 2.82. The standard InChI is InChI=1S/C20H21N3O5/c1-13(28-16-7-5-4-6-8-16)17(24)22-23-18(25)20(2,21-19(23)26)14-9-11-15(27-3)12-10-14/h4-13H,1-3H3,(H,21,26)(H,22,24)/t13-,20+/m0/s1. The third-order valence-corrected chi connectivity index (χ3v) is 4.51. The van der Waals surface area contributed by atoms with Crippen molar-refractivity contribution in [2.24, 2.45) is 0 Å². The van der Waals surface area contributed by atoms with Gasteiger partial charge in [0.2, 0.25) is 0 Å². The van der Waals surface area contributed by atoms with Crippen LogP contribution in [0.2, 0.25) is 0 Å². The van der Waals surface area contributed by atoms with Gasteiger partial charge in [-0.25, -0.2) is 4.79 Å². The van der Waals surface area contributed by atoms with Gasteiger partial charge in [-0.1, -0.05) is 30.3 Å². The molecule has 0 saturated carbocycles. The van der Waals surface area contributed by atoms with Crippen molar-refractivity contribution >= 4 is 17.8 Å². The van der Waals surface area contributed by atoms with Crippen molar-refractivity contribution in [1.29, 1.82) is 0 Å². The molecule has 0 radical (unpaired) electrons. The van der Waals surface area contributed by atoms with Crippen molar-refractivity contribution in [1.82, 2.24) is 15.8 Å². The molecule has 0 bridgehead atoms. The van der Waals surface area contributed by atoms with E-state index in [0.717, 1.165) is 0 Å². The van der Waals surface area contributed by atoms with E-state index < -0.39 is 29.5 Å². The molecule has 0 aromatic heterocycles. The van der Waals surface area contributed by atoms with Gasteiger partial charge in [0, 0.05) is 0 Å². The second kappa shape index (κ2) is 7.59. The Balaban J connectivity index is 1.71. The van der Waals surface area contributed by atoms with E-state index in [1.165, 1.54) is 14.0 Å². The molecule has 2 N–H and O–H groups in total. The van der Waals surface area contributed by atoms with Crippen molar-refractivity contribution in [2.75, 3.05) is 7.11 Å². The number of methoxy groups -OCH3 is 1. The summed E-state index contributed by atoms with van der Waals surface area (Å²) in [5.74, 6) is -0.0825. The summed E-state index contributed by atoms with van der Waals surface area (Å²) in [5.41, 5.74) is 1.59. The van der Waals surface area contributed by atoms with Crippen LogP contribution >= 0.6 is 0 Å². The average molecular weight is 383 g/mol. The van der Waals surface area contributed by atoms with E-state index in [2.05, 4.69) is 10.7 Å². The third kappa shape index (κ3) is 3.62. The number of hydrogen-bond acceptors (Lipinski definition) is 5. The molecule has 0 spiro atoms. The molecular formula is C20H21N3O5. The lowest BCUT2D eigenvalue weighted by molar-refractivity contribution is -0.141. The fraction of sp³-hybridized carbons (Fsp3) is 0.250. The molecule has 4 amide bonds. The molecule has 1 aliphatic rings. The number of urea groups is 1. The Kier molecular flexibility index (Phi) is 5.21. The fourth-order valence-electron chi connectivity index (χ4n) is 2.82. The minimum absolute atomic E-state index is 0.505. The summed E-state index contributed by atoms with van der Waals surface area (Å²) >= 11 is 0. The number of carbonyl (C=O) groups excluding carboxylic acids is 3. The first-order chi connectivity index (χ1) is 13.3. The molecule has 1 saturated heterocycles. The third-order valence-electron chi connectivity index (χ3n) is 4.51. The molecule has 2 atom stereocenters. The smallest absolute Gasteiger partial charge is 0.344 e. The number of imide groups is 1. The Morgan fingerprint density at radius 3 is 2.32 bits per heavy atom. The van der Waals surface area contributed by atoms with Crippen molar-refractivity contribution in [3.8, 4) is 11.5 Å². The van der Waals surface area contributed by atoms with Crippen LogP contribution in [0.4, 0.5) is 4.79 Å². The quantitative estimate of drug-likeness (QED) is 0.744. The van der Waals surface area contributed by atoms with Crippen molar-refractivity contribution < 1.29 is 23.9 Å². The van der Waals surface area contributed by atoms with Crippen molar-refractivity contribution in [3.63, 3.8) is 0 Å². The summed E-state index contributed by atoms with van der Waals surface area (Å²) in [6.07, 6.45) is -0.907. The Bertz CT molecular complexity index is 884. The highest BCUT2D eigenvalue weighted by atomic mass is 16.5. The van der Waals surface area contributed by atoms with Gasteiger partial charge in [-0.3, -0.25) is 15.0 Å². The minimum Gasteiger partial charge on any atom is -0.497 e.